The second kappa shape index (κ2) is 21.3. The van der Waals surface area contributed by atoms with E-state index in [0.717, 1.165) is 5.56 Å². The van der Waals surface area contributed by atoms with E-state index >= 15 is 0 Å². The van der Waals surface area contributed by atoms with Crippen LogP contribution in [-0.2, 0) is 73.0 Å². The molecule has 0 bridgehead atoms. The smallest absolute Gasteiger partial charge is 0.330 e. The van der Waals surface area contributed by atoms with E-state index in [1.165, 1.54) is 33.8 Å². The minimum Gasteiger partial charge on any atom is -0.490 e. The SMILES string of the molecule is C=CCOc1ccc(/C=C/C(=O)OC[C@H]2O[C@@H](OCCc3ccc(OCC=C)cc3)[C@H](OC(C)=O)[C@@H](OC3(C)[C@@H]4[C@H](OC(C)=O)[C@@H](OC(C)=O)[C@H](C)O[C@@H]43)[C@@H]2OC(C)=O)cc1. The molecule has 2 aliphatic heterocycles. The monoisotopic (exact) mass is 850 g/mol. The molecule has 2 saturated heterocycles. The summed E-state index contributed by atoms with van der Waals surface area (Å²) >= 11 is 0. The first-order chi connectivity index (χ1) is 29.1. The predicted molar refractivity (Wildman–Crippen MR) is 216 cm³/mol. The zero-order valence-corrected chi connectivity index (χ0v) is 35.2. The van der Waals surface area contributed by atoms with E-state index in [0.29, 0.717) is 36.7 Å². The van der Waals surface area contributed by atoms with Gasteiger partial charge in [-0.15, -0.1) is 0 Å². The summed E-state index contributed by atoms with van der Waals surface area (Å²) in [5, 5.41) is 0. The van der Waals surface area contributed by atoms with Crippen LogP contribution in [0.2, 0.25) is 0 Å². The normalized spacial score (nSPS) is 29.0. The Bertz CT molecular complexity index is 1890. The number of esters is 5. The molecule has 16 heteroatoms. The van der Waals surface area contributed by atoms with Crippen LogP contribution in [0.25, 0.3) is 6.08 Å². The largest absolute Gasteiger partial charge is 0.490 e. The molecule has 2 aromatic carbocycles. The zero-order valence-electron chi connectivity index (χ0n) is 35.2. The minimum absolute atomic E-state index is 0.0641. The highest BCUT2D eigenvalue weighted by atomic mass is 16.7. The average molecular weight is 851 g/mol. The summed E-state index contributed by atoms with van der Waals surface area (Å²) < 4.78 is 65.4. The van der Waals surface area contributed by atoms with Crippen molar-refractivity contribution < 1.29 is 76.1 Å². The Morgan fingerprint density at radius 3 is 1.82 bits per heavy atom. The molecule has 0 N–H and O–H groups in total. The third-order valence-electron chi connectivity index (χ3n) is 10.1. The number of benzene rings is 2. The first-order valence-electron chi connectivity index (χ1n) is 19.9. The second-order valence-electron chi connectivity index (χ2n) is 14.9. The lowest BCUT2D eigenvalue weighted by atomic mass is 9.97. The van der Waals surface area contributed by atoms with Crippen LogP contribution < -0.4 is 9.47 Å². The molecule has 16 nitrogen and oxygen atoms in total. The third-order valence-corrected chi connectivity index (χ3v) is 10.1. The first-order valence-corrected chi connectivity index (χ1v) is 19.9. The summed E-state index contributed by atoms with van der Waals surface area (Å²) in [6.07, 6.45) is -3.51. The molecule has 330 valence electrons. The number of carbonyl (C=O) groups is 5. The van der Waals surface area contributed by atoms with Gasteiger partial charge in [0, 0.05) is 33.8 Å². The number of rotatable bonds is 20. The molecule has 0 aromatic heterocycles. The fraction of sp³-hybridized carbons (Fsp3) is 0.489. The van der Waals surface area contributed by atoms with E-state index in [9.17, 15) is 24.0 Å². The summed E-state index contributed by atoms with van der Waals surface area (Å²) in [4.78, 5) is 63.1. The molecule has 0 radical (unpaired) electrons. The first kappa shape index (κ1) is 46.5. The van der Waals surface area contributed by atoms with Crippen molar-refractivity contribution in [3.05, 3.63) is 91.0 Å². The van der Waals surface area contributed by atoms with E-state index in [2.05, 4.69) is 13.2 Å². The van der Waals surface area contributed by atoms with Crippen LogP contribution in [0.15, 0.2) is 79.9 Å². The Kier molecular flexibility index (Phi) is 16.2. The summed E-state index contributed by atoms with van der Waals surface area (Å²) in [6, 6.07) is 14.4. The number of carbonyl (C=O) groups excluding carboxylic acids is 5. The maximum atomic E-state index is 13.1. The molecule has 1 unspecified atom stereocenters. The van der Waals surface area contributed by atoms with Gasteiger partial charge < -0.3 is 52.1 Å². The lowest BCUT2D eigenvalue weighted by Gasteiger charge is -2.45. The molecule has 61 heavy (non-hydrogen) atoms. The Morgan fingerprint density at radius 2 is 1.25 bits per heavy atom. The highest BCUT2D eigenvalue weighted by Gasteiger charge is 2.75. The lowest BCUT2D eigenvalue weighted by molar-refractivity contribution is -0.319. The molecule has 2 aromatic rings. The van der Waals surface area contributed by atoms with E-state index in [4.69, 9.17) is 52.1 Å². The second-order valence-corrected chi connectivity index (χ2v) is 14.9. The van der Waals surface area contributed by atoms with Crippen molar-refractivity contribution in [2.75, 3.05) is 26.4 Å². The van der Waals surface area contributed by atoms with E-state index < -0.39 is 103 Å². The van der Waals surface area contributed by atoms with Gasteiger partial charge in [0.1, 0.15) is 55.2 Å². The van der Waals surface area contributed by atoms with Gasteiger partial charge in [-0.3, -0.25) is 19.2 Å². The molecule has 1 aliphatic carbocycles. The van der Waals surface area contributed by atoms with Gasteiger partial charge in [-0.05, 0) is 61.7 Å². The molecule has 1 saturated carbocycles. The van der Waals surface area contributed by atoms with Crippen LogP contribution in [0.1, 0.15) is 52.7 Å². The minimum atomic E-state index is -1.35. The van der Waals surface area contributed by atoms with Crippen molar-refractivity contribution in [2.24, 2.45) is 5.92 Å². The summed E-state index contributed by atoms with van der Waals surface area (Å²) in [6.45, 7) is 15.8. The van der Waals surface area contributed by atoms with Gasteiger partial charge >= 0.3 is 29.8 Å². The van der Waals surface area contributed by atoms with Crippen LogP contribution in [-0.4, -0.2) is 117 Å². The maximum absolute atomic E-state index is 13.1. The zero-order chi connectivity index (χ0) is 44.3. The van der Waals surface area contributed by atoms with Crippen LogP contribution in [0.4, 0.5) is 0 Å². The molecular weight excluding hydrogens is 796 g/mol. The topological polar surface area (TPSA) is 187 Å². The summed E-state index contributed by atoms with van der Waals surface area (Å²) in [7, 11) is 0. The Morgan fingerprint density at radius 1 is 0.705 bits per heavy atom. The highest BCUT2D eigenvalue weighted by molar-refractivity contribution is 5.87. The molecule has 2 heterocycles. The number of ether oxygens (including phenoxy) is 11. The van der Waals surface area contributed by atoms with Crippen molar-refractivity contribution in [1.29, 1.82) is 0 Å². The third kappa shape index (κ3) is 12.5. The maximum Gasteiger partial charge on any atom is 0.330 e. The van der Waals surface area contributed by atoms with Crippen LogP contribution in [0, 0.1) is 5.92 Å². The fourth-order valence-electron chi connectivity index (χ4n) is 7.45. The van der Waals surface area contributed by atoms with Crippen LogP contribution in [0.3, 0.4) is 0 Å². The van der Waals surface area contributed by atoms with Crippen molar-refractivity contribution in [3.63, 3.8) is 0 Å². The quantitative estimate of drug-likeness (QED) is 0.0775. The van der Waals surface area contributed by atoms with Gasteiger partial charge in [0.25, 0.3) is 0 Å². The van der Waals surface area contributed by atoms with Gasteiger partial charge in [-0.25, -0.2) is 4.79 Å². The fourth-order valence-corrected chi connectivity index (χ4v) is 7.45. The molecule has 0 spiro atoms. The van der Waals surface area contributed by atoms with Gasteiger partial charge in [0.15, 0.2) is 24.6 Å². The summed E-state index contributed by atoms with van der Waals surface area (Å²) in [5.74, 6) is -2.82. The lowest BCUT2D eigenvalue weighted by Crippen LogP contribution is -2.63. The van der Waals surface area contributed by atoms with Gasteiger partial charge in [0.05, 0.1) is 24.7 Å². The van der Waals surface area contributed by atoms with Gasteiger partial charge in [0.2, 0.25) is 0 Å². The predicted octanol–water partition coefficient (Wildman–Crippen LogP) is 4.64. The van der Waals surface area contributed by atoms with Crippen molar-refractivity contribution >= 4 is 35.9 Å². The number of hydrogen-bond acceptors (Lipinski definition) is 16. The van der Waals surface area contributed by atoms with Gasteiger partial charge in [-0.1, -0.05) is 49.6 Å². The van der Waals surface area contributed by atoms with E-state index in [-0.39, 0.29) is 6.61 Å². The Labute approximate surface area is 355 Å². The molecule has 5 rings (SSSR count). The van der Waals surface area contributed by atoms with Crippen molar-refractivity contribution in [1.82, 2.24) is 0 Å². The van der Waals surface area contributed by atoms with Crippen molar-refractivity contribution in [3.8, 4) is 11.5 Å². The molecule has 11 atom stereocenters. The molecular formula is C45H54O16. The van der Waals surface area contributed by atoms with E-state index in [1.807, 2.05) is 24.3 Å². The standard InChI is InChI=1S/C45H54O16/c1-9-22-51-33-16-11-31(12-17-33)15-20-36(50)54-25-35-39(57-28(5)47)41(61-45(8)37-40(58-29(6)48)38(56-27(4)46)26(3)55-43(37)45)42(59-30(7)49)44(60-35)53-24-21-32-13-18-34(19-14-32)52-23-10-2/h9-20,26,35,37-44H,1-2,21-25H2,3-8H3/b20-15+/t26-,35+,37+,38-,39+,40-,41-,42+,43-,44+,45?/m0/s1. The van der Waals surface area contributed by atoms with E-state index in [1.54, 1.807) is 56.3 Å². The van der Waals surface area contributed by atoms with Crippen LogP contribution in [0.5, 0.6) is 11.5 Å². The number of hydrogen-bond donors (Lipinski definition) is 0. The highest BCUT2D eigenvalue weighted by Crippen LogP contribution is 2.58. The van der Waals surface area contributed by atoms with Crippen molar-refractivity contribution in [2.45, 2.75) is 109 Å². The average Bonchev–Trinajstić information content (AvgIpc) is 3.79. The Balaban J connectivity index is 1.42. The molecule has 0 amide bonds. The summed E-state index contributed by atoms with van der Waals surface area (Å²) in [5.41, 5.74) is 0.295. The van der Waals surface area contributed by atoms with Gasteiger partial charge in [-0.2, -0.15) is 0 Å². The number of fused-ring (bicyclic) bond motifs is 1. The molecule has 3 aliphatic rings. The Hall–Kier alpha value is -5.55. The van der Waals surface area contributed by atoms with Crippen LogP contribution >= 0.6 is 0 Å². The molecule has 3 fully saturated rings.